The van der Waals surface area contributed by atoms with Crippen molar-refractivity contribution in [2.45, 2.75) is 24.4 Å². The maximum Gasteiger partial charge on any atom is 0.325 e. The standard InChI is InChI=1S/C10H12N4O6S/c1-6-10(18)12-8(15)4-14(6)21(19,20)7-2-11-13(3-7)5-9(16)17/h2-3,6H,4-5H2,1H3,(H,16,17)(H,12,15,18). The van der Waals surface area contributed by atoms with Crippen LogP contribution in [0.3, 0.4) is 0 Å². The second-order valence-electron chi connectivity index (χ2n) is 4.41. The highest BCUT2D eigenvalue weighted by Gasteiger charge is 2.39. The van der Waals surface area contributed by atoms with Crippen LogP contribution in [0.4, 0.5) is 0 Å². The molecule has 2 heterocycles. The number of nitrogens with one attached hydrogen (secondary N) is 1. The molecule has 0 aromatic carbocycles. The highest BCUT2D eigenvalue weighted by atomic mass is 32.2. The third-order valence-corrected chi connectivity index (χ3v) is 4.76. The molecule has 21 heavy (non-hydrogen) atoms. The van der Waals surface area contributed by atoms with Crippen LogP contribution < -0.4 is 5.32 Å². The number of hydrogen-bond donors (Lipinski definition) is 2. The Labute approximate surface area is 119 Å². The molecule has 2 rings (SSSR count). The van der Waals surface area contributed by atoms with Crippen molar-refractivity contribution in [1.82, 2.24) is 19.4 Å². The van der Waals surface area contributed by atoms with Crippen LogP contribution in [0, 0.1) is 0 Å². The molecule has 2 N–H and O–H groups in total. The molecule has 2 amide bonds. The van der Waals surface area contributed by atoms with Gasteiger partial charge in [-0.1, -0.05) is 0 Å². The quantitative estimate of drug-likeness (QED) is 0.613. The number of sulfonamides is 1. The van der Waals surface area contributed by atoms with Gasteiger partial charge in [-0.05, 0) is 6.92 Å². The Balaban J connectivity index is 2.32. The van der Waals surface area contributed by atoms with Crippen LogP contribution >= 0.6 is 0 Å². The maximum atomic E-state index is 12.4. The van der Waals surface area contributed by atoms with Crippen LogP contribution in [0.1, 0.15) is 6.92 Å². The van der Waals surface area contributed by atoms with Crippen molar-refractivity contribution in [1.29, 1.82) is 0 Å². The zero-order chi connectivity index (χ0) is 15.8. The number of hydrogen-bond acceptors (Lipinski definition) is 6. The molecule has 114 valence electrons. The van der Waals surface area contributed by atoms with E-state index in [0.717, 1.165) is 21.4 Å². The topological polar surface area (TPSA) is 139 Å². The van der Waals surface area contributed by atoms with E-state index in [-0.39, 0.29) is 4.90 Å². The molecule has 0 spiro atoms. The summed E-state index contributed by atoms with van der Waals surface area (Å²) in [6, 6.07) is -1.05. The third kappa shape index (κ3) is 2.92. The van der Waals surface area contributed by atoms with Gasteiger partial charge in [-0.3, -0.25) is 24.4 Å². The van der Waals surface area contributed by atoms with Crippen LogP contribution in [0.25, 0.3) is 0 Å². The van der Waals surface area contributed by atoms with Crippen molar-refractivity contribution in [3.63, 3.8) is 0 Å². The van der Waals surface area contributed by atoms with Crippen LogP contribution in [-0.2, 0) is 31.0 Å². The molecule has 1 fully saturated rings. The Morgan fingerprint density at radius 3 is 2.81 bits per heavy atom. The summed E-state index contributed by atoms with van der Waals surface area (Å²) in [4.78, 5) is 33.1. The molecule has 1 aromatic rings. The first-order valence-electron chi connectivity index (χ1n) is 5.81. The van der Waals surface area contributed by atoms with Gasteiger partial charge in [0.2, 0.25) is 21.8 Å². The van der Waals surface area contributed by atoms with Gasteiger partial charge >= 0.3 is 5.97 Å². The molecule has 0 saturated carbocycles. The van der Waals surface area contributed by atoms with Crippen molar-refractivity contribution in [3.05, 3.63) is 12.4 Å². The molecule has 10 nitrogen and oxygen atoms in total. The highest BCUT2D eigenvalue weighted by Crippen LogP contribution is 2.19. The fourth-order valence-corrected chi connectivity index (χ4v) is 3.33. The van der Waals surface area contributed by atoms with E-state index >= 15 is 0 Å². The molecular weight excluding hydrogens is 304 g/mol. The number of piperazine rings is 1. The van der Waals surface area contributed by atoms with Crippen molar-refractivity contribution in [2.24, 2.45) is 0 Å². The fraction of sp³-hybridized carbons (Fsp3) is 0.400. The predicted molar refractivity (Wildman–Crippen MR) is 66.4 cm³/mol. The predicted octanol–water partition coefficient (Wildman–Crippen LogP) is -2.00. The number of nitrogens with zero attached hydrogens (tertiary/aromatic N) is 3. The fourth-order valence-electron chi connectivity index (χ4n) is 1.82. The minimum Gasteiger partial charge on any atom is -0.480 e. The van der Waals surface area contributed by atoms with Gasteiger partial charge in [-0.2, -0.15) is 9.40 Å². The molecule has 1 aromatic heterocycles. The van der Waals surface area contributed by atoms with Crippen molar-refractivity contribution in [2.75, 3.05) is 6.54 Å². The minimum absolute atomic E-state index is 0.280. The maximum absolute atomic E-state index is 12.4. The SMILES string of the molecule is CC1C(=O)NC(=O)CN1S(=O)(=O)c1cnn(CC(=O)O)c1. The first kappa shape index (κ1) is 15.1. The molecule has 0 radical (unpaired) electrons. The summed E-state index contributed by atoms with van der Waals surface area (Å²) in [6.07, 6.45) is 2.01. The van der Waals surface area contributed by atoms with Crippen LogP contribution in [-0.4, -0.2) is 58.0 Å². The van der Waals surface area contributed by atoms with Gasteiger partial charge in [0, 0.05) is 6.20 Å². The number of aromatic nitrogens is 2. The number of carbonyl (C=O) groups excluding carboxylic acids is 2. The van der Waals surface area contributed by atoms with Crippen LogP contribution in [0.5, 0.6) is 0 Å². The number of carboxylic acid groups (broad SMARTS) is 1. The number of aliphatic carboxylic acids is 1. The molecule has 0 bridgehead atoms. The Bertz CT molecular complexity index is 709. The van der Waals surface area contributed by atoms with E-state index in [0.29, 0.717) is 0 Å². The van der Waals surface area contributed by atoms with Gasteiger partial charge < -0.3 is 5.11 Å². The van der Waals surface area contributed by atoms with Gasteiger partial charge in [0.25, 0.3) is 0 Å². The monoisotopic (exact) mass is 316 g/mol. The van der Waals surface area contributed by atoms with E-state index in [2.05, 4.69) is 5.10 Å². The molecule has 1 atom stereocenters. The van der Waals surface area contributed by atoms with Crippen LogP contribution in [0.15, 0.2) is 17.3 Å². The smallest absolute Gasteiger partial charge is 0.325 e. The van der Waals surface area contributed by atoms with Gasteiger partial charge in [0.05, 0.1) is 12.7 Å². The zero-order valence-electron chi connectivity index (χ0n) is 10.9. The zero-order valence-corrected chi connectivity index (χ0v) is 11.7. The number of amides is 2. The Kier molecular flexibility index (Phi) is 3.78. The lowest BCUT2D eigenvalue weighted by Crippen LogP contribution is -2.58. The molecule has 1 aliphatic rings. The lowest BCUT2D eigenvalue weighted by molar-refractivity contribution is -0.138. The van der Waals surface area contributed by atoms with E-state index < -0.39 is 46.9 Å². The summed E-state index contributed by atoms with van der Waals surface area (Å²) in [5.41, 5.74) is 0. The summed E-state index contributed by atoms with van der Waals surface area (Å²) in [5, 5.41) is 14.3. The largest absolute Gasteiger partial charge is 0.480 e. The molecule has 11 heteroatoms. The third-order valence-electron chi connectivity index (χ3n) is 2.89. The number of rotatable bonds is 4. The summed E-state index contributed by atoms with van der Waals surface area (Å²) in [7, 11) is -4.12. The summed E-state index contributed by atoms with van der Waals surface area (Å²) in [6.45, 7) is 0.366. The number of imide groups is 1. The molecular formula is C10H12N4O6S. The van der Waals surface area contributed by atoms with E-state index in [1.165, 1.54) is 6.92 Å². The van der Waals surface area contributed by atoms with E-state index in [1.807, 2.05) is 5.32 Å². The van der Waals surface area contributed by atoms with Gasteiger partial charge in [-0.25, -0.2) is 8.42 Å². The minimum atomic E-state index is -4.12. The van der Waals surface area contributed by atoms with E-state index in [1.54, 1.807) is 0 Å². The van der Waals surface area contributed by atoms with Crippen molar-refractivity contribution in [3.8, 4) is 0 Å². The first-order chi connectivity index (χ1) is 9.71. The summed E-state index contributed by atoms with van der Waals surface area (Å²) < 4.78 is 26.4. The van der Waals surface area contributed by atoms with Crippen molar-refractivity contribution >= 4 is 27.8 Å². The lowest BCUT2D eigenvalue weighted by Gasteiger charge is -2.30. The first-order valence-corrected chi connectivity index (χ1v) is 7.25. The average molecular weight is 316 g/mol. The van der Waals surface area contributed by atoms with Crippen molar-refractivity contribution < 1.29 is 27.9 Å². The van der Waals surface area contributed by atoms with Gasteiger partial charge in [-0.15, -0.1) is 0 Å². The Morgan fingerprint density at radius 2 is 2.19 bits per heavy atom. The Hall–Kier alpha value is -2.27. The molecule has 0 aliphatic carbocycles. The highest BCUT2D eigenvalue weighted by molar-refractivity contribution is 7.89. The van der Waals surface area contributed by atoms with E-state index in [4.69, 9.17) is 5.11 Å². The average Bonchev–Trinajstić information content (AvgIpc) is 2.81. The van der Waals surface area contributed by atoms with Gasteiger partial charge in [0.1, 0.15) is 17.5 Å². The lowest BCUT2D eigenvalue weighted by atomic mass is 10.2. The summed E-state index contributed by atoms with van der Waals surface area (Å²) >= 11 is 0. The number of carboxylic acids is 1. The molecule has 1 saturated heterocycles. The Morgan fingerprint density at radius 1 is 1.52 bits per heavy atom. The molecule has 1 aliphatic heterocycles. The summed E-state index contributed by atoms with van der Waals surface area (Å²) in [5.74, 6) is -2.62. The second kappa shape index (κ2) is 5.26. The van der Waals surface area contributed by atoms with Crippen LogP contribution in [0.2, 0.25) is 0 Å². The normalized spacial score (nSPS) is 20.3. The number of carbonyl (C=O) groups is 3. The molecule has 1 unspecified atom stereocenters. The van der Waals surface area contributed by atoms with Gasteiger partial charge in [0.15, 0.2) is 0 Å². The second-order valence-corrected chi connectivity index (χ2v) is 6.30. The van der Waals surface area contributed by atoms with E-state index in [9.17, 15) is 22.8 Å².